The summed E-state index contributed by atoms with van der Waals surface area (Å²) in [5, 5.41) is 0.563. The predicted octanol–water partition coefficient (Wildman–Crippen LogP) is 3.82. The Bertz CT molecular complexity index is 337. The maximum Gasteiger partial charge on any atom is 0.387 e. The van der Waals surface area contributed by atoms with Crippen LogP contribution in [0.1, 0.15) is 24.3 Å². The molecule has 0 aliphatic heterocycles. The highest BCUT2D eigenvalue weighted by Gasteiger charge is 2.27. The third-order valence-corrected chi connectivity index (χ3v) is 2.44. The molecule has 1 saturated carbocycles. The quantitative estimate of drug-likeness (QED) is 0.750. The van der Waals surface area contributed by atoms with Gasteiger partial charge in [-0.05, 0) is 42.5 Å². The highest BCUT2D eigenvalue weighted by molar-refractivity contribution is 6.30. The average molecular weight is 219 g/mol. The molecule has 1 aliphatic rings. The summed E-state index contributed by atoms with van der Waals surface area (Å²) in [6.07, 6.45) is 2.06. The Kier molecular flexibility index (Phi) is 2.59. The molecule has 0 aromatic heterocycles. The summed E-state index contributed by atoms with van der Waals surface area (Å²) >= 11 is 5.78. The summed E-state index contributed by atoms with van der Waals surface area (Å²) in [5.74, 6) is 0.606. The average Bonchev–Trinajstić information content (AvgIpc) is 2.90. The van der Waals surface area contributed by atoms with Gasteiger partial charge in [0, 0.05) is 5.02 Å². The minimum Gasteiger partial charge on any atom is -0.435 e. The molecule has 2 rings (SSSR count). The lowest BCUT2D eigenvalue weighted by atomic mass is 10.1. The fourth-order valence-electron chi connectivity index (χ4n) is 1.44. The van der Waals surface area contributed by atoms with E-state index in [1.165, 1.54) is 6.07 Å². The Hall–Kier alpha value is -0.830. The molecule has 1 aromatic rings. The van der Waals surface area contributed by atoms with Gasteiger partial charge in [-0.25, -0.2) is 0 Å². The normalized spacial score (nSPS) is 16.0. The second kappa shape index (κ2) is 3.73. The Labute approximate surface area is 85.6 Å². The lowest BCUT2D eigenvalue weighted by Gasteiger charge is -2.09. The smallest absolute Gasteiger partial charge is 0.387 e. The molecule has 1 fully saturated rings. The van der Waals surface area contributed by atoms with Gasteiger partial charge in [0.15, 0.2) is 0 Å². The number of alkyl halides is 2. The van der Waals surface area contributed by atoms with Crippen LogP contribution in [-0.2, 0) is 0 Å². The van der Waals surface area contributed by atoms with E-state index in [1.54, 1.807) is 12.1 Å². The van der Waals surface area contributed by atoms with Gasteiger partial charge in [0.2, 0.25) is 0 Å². The van der Waals surface area contributed by atoms with E-state index in [0.29, 0.717) is 10.9 Å². The van der Waals surface area contributed by atoms with Crippen LogP contribution in [0.5, 0.6) is 5.75 Å². The first-order valence-electron chi connectivity index (χ1n) is 4.41. The molecule has 76 valence electrons. The van der Waals surface area contributed by atoms with E-state index in [9.17, 15) is 8.78 Å². The second-order valence-electron chi connectivity index (χ2n) is 3.33. The van der Waals surface area contributed by atoms with Gasteiger partial charge >= 0.3 is 6.61 Å². The first-order valence-corrected chi connectivity index (χ1v) is 4.79. The van der Waals surface area contributed by atoms with Gasteiger partial charge < -0.3 is 4.74 Å². The zero-order chi connectivity index (χ0) is 10.1. The maximum absolute atomic E-state index is 12.0. The van der Waals surface area contributed by atoms with Crippen LogP contribution < -0.4 is 4.74 Å². The third-order valence-electron chi connectivity index (χ3n) is 2.21. The van der Waals surface area contributed by atoms with Gasteiger partial charge in [0.05, 0.1) is 0 Å². The fraction of sp³-hybridized carbons (Fsp3) is 0.400. The van der Waals surface area contributed by atoms with E-state index >= 15 is 0 Å². The molecule has 0 radical (unpaired) electrons. The van der Waals surface area contributed by atoms with Gasteiger partial charge in [0.25, 0.3) is 0 Å². The molecule has 1 aromatic carbocycles. The molecule has 1 aliphatic carbocycles. The second-order valence-corrected chi connectivity index (χ2v) is 3.77. The zero-order valence-corrected chi connectivity index (χ0v) is 8.10. The molecule has 0 unspecified atom stereocenters. The van der Waals surface area contributed by atoms with Crippen LogP contribution in [0.2, 0.25) is 5.02 Å². The summed E-state index contributed by atoms with van der Waals surface area (Å²) in [4.78, 5) is 0. The number of hydrogen-bond donors (Lipinski definition) is 0. The molecular weight excluding hydrogens is 210 g/mol. The molecule has 0 bridgehead atoms. The molecular formula is C10H9ClF2O. The molecule has 0 N–H and O–H groups in total. The molecule has 0 saturated heterocycles. The lowest BCUT2D eigenvalue weighted by Crippen LogP contribution is -2.03. The molecule has 0 spiro atoms. The van der Waals surface area contributed by atoms with Crippen molar-refractivity contribution in [2.45, 2.75) is 25.4 Å². The minimum atomic E-state index is -2.77. The third kappa shape index (κ3) is 2.15. The van der Waals surface area contributed by atoms with Gasteiger partial charge in [0.1, 0.15) is 5.75 Å². The van der Waals surface area contributed by atoms with Gasteiger partial charge in [-0.2, -0.15) is 8.78 Å². The number of hydrogen-bond acceptors (Lipinski definition) is 1. The molecule has 1 nitrogen and oxygen atoms in total. The molecule has 14 heavy (non-hydrogen) atoms. The van der Waals surface area contributed by atoms with E-state index < -0.39 is 6.61 Å². The van der Waals surface area contributed by atoms with E-state index in [4.69, 9.17) is 11.6 Å². The van der Waals surface area contributed by atoms with Crippen molar-refractivity contribution in [3.63, 3.8) is 0 Å². The van der Waals surface area contributed by atoms with Gasteiger partial charge in [-0.3, -0.25) is 0 Å². The summed E-state index contributed by atoms with van der Waals surface area (Å²) in [6, 6.07) is 4.77. The number of rotatable bonds is 3. The van der Waals surface area contributed by atoms with Crippen LogP contribution in [0.25, 0.3) is 0 Å². The lowest BCUT2D eigenvalue weighted by molar-refractivity contribution is -0.0504. The SMILES string of the molecule is FC(F)Oc1ccc(Cl)cc1C1CC1. The van der Waals surface area contributed by atoms with Crippen molar-refractivity contribution in [2.75, 3.05) is 0 Å². The monoisotopic (exact) mass is 218 g/mol. The first kappa shape index (κ1) is 9.71. The molecule has 0 heterocycles. The van der Waals surface area contributed by atoms with Crippen molar-refractivity contribution in [3.8, 4) is 5.75 Å². The van der Waals surface area contributed by atoms with E-state index in [-0.39, 0.29) is 5.75 Å². The zero-order valence-electron chi connectivity index (χ0n) is 7.34. The van der Waals surface area contributed by atoms with Crippen LogP contribution >= 0.6 is 11.6 Å². The molecule has 0 atom stereocenters. The van der Waals surface area contributed by atoms with Crippen LogP contribution in [0.15, 0.2) is 18.2 Å². The summed E-state index contributed by atoms with van der Waals surface area (Å²) < 4.78 is 28.5. The fourth-order valence-corrected chi connectivity index (χ4v) is 1.62. The number of benzene rings is 1. The van der Waals surface area contributed by atoms with Crippen LogP contribution in [0, 0.1) is 0 Å². The Morgan fingerprint density at radius 2 is 2.07 bits per heavy atom. The minimum absolute atomic E-state index is 0.256. The Morgan fingerprint density at radius 3 is 2.64 bits per heavy atom. The van der Waals surface area contributed by atoms with Crippen molar-refractivity contribution < 1.29 is 13.5 Å². The van der Waals surface area contributed by atoms with Crippen LogP contribution in [0.4, 0.5) is 8.78 Å². The van der Waals surface area contributed by atoms with Crippen molar-refractivity contribution in [2.24, 2.45) is 0 Å². The number of ether oxygens (including phenoxy) is 1. The van der Waals surface area contributed by atoms with Crippen molar-refractivity contribution >= 4 is 11.6 Å². The standard InChI is InChI=1S/C10H9ClF2O/c11-7-3-4-9(14-10(12)13)8(5-7)6-1-2-6/h3-6,10H,1-2H2. The largest absolute Gasteiger partial charge is 0.435 e. The highest BCUT2D eigenvalue weighted by atomic mass is 35.5. The highest BCUT2D eigenvalue weighted by Crippen LogP contribution is 2.45. The van der Waals surface area contributed by atoms with E-state index in [1.807, 2.05) is 0 Å². The summed E-state index contributed by atoms with van der Waals surface area (Å²) in [7, 11) is 0. The number of halogens is 3. The van der Waals surface area contributed by atoms with Crippen molar-refractivity contribution in [1.82, 2.24) is 0 Å². The van der Waals surface area contributed by atoms with Gasteiger partial charge in [-0.15, -0.1) is 0 Å². The summed E-state index contributed by atoms with van der Waals surface area (Å²) in [6.45, 7) is -2.77. The predicted molar refractivity (Wildman–Crippen MR) is 50.1 cm³/mol. The first-order chi connectivity index (χ1) is 6.66. The van der Waals surface area contributed by atoms with Crippen molar-refractivity contribution in [3.05, 3.63) is 28.8 Å². The van der Waals surface area contributed by atoms with E-state index in [2.05, 4.69) is 4.74 Å². The molecule has 0 amide bonds. The Balaban J connectivity index is 2.27. The Morgan fingerprint density at radius 1 is 1.36 bits per heavy atom. The van der Waals surface area contributed by atoms with E-state index in [0.717, 1.165) is 18.4 Å². The van der Waals surface area contributed by atoms with Crippen LogP contribution in [-0.4, -0.2) is 6.61 Å². The topological polar surface area (TPSA) is 9.23 Å². The summed E-state index contributed by atoms with van der Waals surface area (Å²) in [5.41, 5.74) is 0.804. The van der Waals surface area contributed by atoms with Crippen molar-refractivity contribution in [1.29, 1.82) is 0 Å². The van der Waals surface area contributed by atoms with Gasteiger partial charge in [-0.1, -0.05) is 11.6 Å². The molecule has 4 heteroatoms. The van der Waals surface area contributed by atoms with Crippen LogP contribution in [0.3, 0.4) is 0 Å². The maximum atomic E-state index is 12.0.